The van der Waals surface area contributed by atoms with Crippen LogP contribution in [0.25, 0.3) is 10.9 Å². The Labute approximate surface area is 214 Å². The van der Waals surface area contributed by atoms with Crippen LogP contribution in [0.15, 0.2) is 90.4 Å². The number of benzene rings is 3. The lowest BCUT2D eigenvalue weighted by atomic mass is 9.85. The maximum atomic E-state index is 15.0. The molecule has 186 valence electrons. The lowest BCUT2D eigenvalue weighted by Gasteiger charge is -2.38. The summed E-state index contributed by atoms with van der Waals surface area (Å²) in [6, 6.07) is 19.8. The van der Waals surface area contributed by atoms with Crippen molar-refractivity contribution >= 4 is 28.2 Å². The van der Waals surface area contributed by atoms with Gasteiger partial charge in [0.05, 0.1) is 29.1 Å². The minimum absolute atomic E-state index is 0.0116. The quantitative estimate of drug-likeness (QED) is 0.309. The number of carbonyl (C=O) groups is 1. The first kappa shape index (κ1) is 23.0. The van der Waals surface area contributed by atoms with Gasteiger partial charge in [-0.25, -0.2) is 4.39 Å². The molecule has 2 aliphatic rings. The van der Waals surface area contributed by atoms with E-state index in [-0.39, 0.29) is 16.7 Å². The summed E-state index contributed by atoms with van der Waals surface area (Å²) in [5.41, 5.74) is 2.96. The molecule has 7 heteroatoms. The SMILES string of the molecule is CC1(C)COC2=C(C1)Nc1c(O)cccc1N(C(=O)c1ccccc1F)C2c1ccc2ncccc2c1. The molecule has 4 aromatic rings. The topological polar surface area (TPSA) is 74.7 Å². The van der Waals surface area contributed by atoms with E-state index in [1.807, 2.05) is 30.3 Å². The Hall–Kier alpha value is -4.39. The van der Waals surface area contributed by atoms with Crippen molar-refractivity contribution in [2.75, 3.05) is 16.8 Å². The Kier molecular flexibility index (Phi) is 5.37. The molecule has 3 heterocycles. The molecule has 0 bridgehead atoms. The van der Waals surface area contributed by atoms with E-state index in [0.29, 0.717) is 30.2 Å². The van der Waals surface area contributed by atoms with E-state index in [0.717, 1.165) is 22.2 Å². The molecule has 0 aliphatic carbocycles. The van der Waals surface area contributed by atoms with Gasteiger partial charge in [0.25, 0.3) is 5.91 Å². The van der Waals surface area contributed by atoms with Crippen LogP contribution in [-0.4, -0.2) is 22.6 Å². The van der Waals surface area contributed by atoms with E-state index >= 15 is 0 Å². The number of aromatic nitrogens is 1. The van der Waals surface area contributed by atoms with Gasteiger partial charge in [0, 0.05) is 17.0 Å². The van der Waals surface area contributed by atoms with Gasteiger partial charge in [-0.15, -0.1) is 0 Å². The number of ether oxygens (including phenoxy) is 1. The minimum atomic E-state index is -0.710. The second-order valence-electron chi connectivity index (χ2n) is 10.3. The number of pyridine rings is 1. The number of aromatic hydroxyl groups is 1. The van der Waals surface area contributed by atoms with Crippen molar-refractivity contribution in [1.29, 1.82) is 0 Å². The van der Waals surface area contributed by atoms with Gasteiger partial charge in [0.15, 0.2) is 0 Å². The van der Waals surface area contributed by atoms with Crippen LogP contribution in [0.3, 0.4) is 0 Å². The van der Waals surface area contributed by atoms with E-state index in [1.54, 1.807) is 36.5 Å². The number of halogens is 1. The highest BCUT2D eigenvalue weighted by atomic mass is 19.1. The highest BCUT2D eigenvalue weighted by molar-refractivity contribution is 6.09. The number of anilines is 2. The molecule has 0 spiro atoms. The van der Waals surface area contributed by atoms with E-state index in [1.165, 1.54) is 17.0 Å². The summed E-state index contributed by atoms with van der Waals surface area (Å²) in [5.74, 6) is -0.594. The van der Waals surface area contributed by atoms with Gasteiger partial charge in [0.2, 0.25) is 0 Å². The minimum Gasteiger partial charge on any atom is -0.506 e. The zero-order valence-corrected chi connectivity index (χ0v) is 20.5. The maximum Gasteiger partial charge on any atom is 0.262 e. The number of nitrogens with zero attached hydrogens (tertiary/aromatic N) is 2. The van der Waals surface area contributed by atoms with Crippen LogP contribution in [0.4, 0.5) is 15.8 Å². The van der Waals surface area contributed by atoms with Gasteiger partial charge >= 0.3 is 0 Å². The number of amides is 1. The van der Waals surface area contributed by atoms with Gasteiger partial charge in [-0.1, -0.05) is 44.2 Å². The lowest BCUT2D eigenvalue weighted by Crippen LogP contribution is -2.38. The third-order valence-corrected chi connectivity index (χ3v) is 6.90. The molecular weight excluding hydrogens is 469 g/mol. The highest BCUT2D eigenvalue weighted by Gasteiger charge is 2.42. The van der Waals surface area contributed by atoms with Gasteiger partial charge in [0.1, 0.15) is 29.1 Å². The van der Waals surface area contributed by atoms with E-state index in [4.69, 9.17) is 4.74 Å². The molecular formula is C30H26FN3O3. The van der Waals surface area contributed by atoms with Crippen LogP contribution < -0.4 is 10.2 Å². The van der Waals surface area contributed by atoms with Crippen molar-refractivity contribution in [3.05, 3.63) is 107 Å². The van der Waals surface area contributed by atoms with Crippen LogP contribution in [0.5, 0.6) is 5.75 Å². The number of para-hydroxylation sites is 1. The Morgan fingerprint density at radius 1 is 1.11 bits per heavy atom. The molecule has 6 nitrogen and oxygen atoms in total. The summed E-state index contributed by atoms with van der Waals surface area (Å²) in [6.45, 7) is 4.66. The molecule has 3 aromatic carbocycles. The van der Waals surface area contributed by atoms with Crippen molar-refractivity contribution in [2.45, 2.75) is 26.3 Å². The van der Waals surface area contributed by atoms with E-state index < -0.39 is 17.8 Å². The molecule has 1 unspecified atom stereocenters. The molecule has 2 aliphatic heterocycles. The smallest absolute Gasteiger partial charge is 0.262 e. The number of hydrogen-bond donors (Lipinski definition) is 2. The lowest BCUT2D eigenvalue weighted by molar-refractivity contribution is 0.0759. The number of fused-ring (bicyclic) bond motifs is 2. The summed E-state index contributed by atoms with van der Waals surface area (Å²) < 4.78 is 21.4. The third-order valence-electron chi connectivity index (χ3n) is 6.90. The van der Waals surface area contributed by atoms with E-state index in [2.05, 4.69) is 24.1 Å². The molecule has 6 rings (SSSR count). The second kappa shape index (κ2) is 8.62. The molecule has 2 N–H and O–H groups in total. The first-order valence-electron chi connectivity index (χ1n) is 12.2. The van der Waals surface area contributed by atoms with Gasteiger partial charge < -0.3 is 15.2 Å². The predicted molar refractivity (Wildman–Crippen MR) is 141 cm³/mol. The zero-order chi connectivity index (χ0) is 25.7. The van der Waals surface area contributed by atoms with Crippen molar-refractivity contribution in [3.8, 4) is 5.75 Å². The largest absolute Gasteiger partial charge is 0.506 e. The molecule has 37 heavy (non-hydrogen) atoms. The van der Waals surface area contributed by atoms with Crippen molar-refractivity contribution in [3.63, 3.8) is 0 Å². The fourth-order valence-corrected chi connectivity index (χ4v) is 5.15. The molecule has 1 atom stereocenters. The van der Waals surface area contributed by atoms with Crippen molar-refractivity contribution in [1.82, 2.24) is 4.98 Å². The average Bonchev–Trinajstić information content (AvgIpc) is 3.02. The van der Waals surface area contributed by atoms with Gasteiger partial charge in [-0.05, 0) is 54.4 Å². The van der Waals surface area contributed by atoms with Gasteiger partial charge in [-0.2, -0.15) is 0 Å². The van der Waals surface area contributed by atoms with Crippen LogP contribution >= 0.6 is 0 Å². The number of nitrogens with one attached hydrogen (secondary N) is 1. The van der Waals surface area contributed by atoms with Crippen molar-refractivity contribution in [2.24, 2.45) is 5.41 Å². The van der Waals surface area contributed by atoms with Gasteiger partial charge in [-0.3, -0.25) is 14.7 Å². The average molecular weight is 496 g/mol. The first-order valence-corrected chi connectivity index (χ1v) is 12.2. The predicted octanol–water partition coefficient (Wildman–Crippen LogP) is 6.55. The fourth-order valence-electron chi connectivity index (χ4n) is 5.15. The molecule has 1 amide bonds. The number of carbonyl (C=O) groups excluding carboxylic acids is 1. The van der Waals surface area contributed by atoms with Crippen molar-refractivity contribution < 1.29 is 19.0 Å². The number of rotatable bonds is 2. The highest BCUT2D eigenvalue weighted by Crippen LogP contribution is 2.49. The second-order valence-corrected chi connectivity index (χ2v) is 10.3. The summed E-state index contributed by atoms with van der Waals surface area (Å²) >= 11 is 0. The normalized spacial score (nSPS) is 18.4. The Bertz CT molecular complexity index is 1580. The number of allylic oxidation sites excluding steroid dienone is 1. The van der Waals surface area contributed by atoms with Crippen LogP contribution in [-0.2, 0) is 4.74 Å². The van der Waals surface area contributed by atoms with E-state index in [9.17, 15) is 14.3 Å². The fraction of sp³-hybridized carbons (Fsp3) is 0.200. The molecule has 1 aromatic heterocycles. The van der Waals surface area contributed by atoms with Crippen LogP contribution in [0.2, 0.25) is 0 Å². The number of phenolic OH excluding ortho intramolecular Hbond substituents is 1. The molecule has 0 radical (unpaired) electrons. The number of hydrogen-bond acceptors (Lipinski definition) is 5. The first-order chi connectivity index (χ1) is 17.8. The standard InChI is InChI=1S/C30H26FN3O3/c1-30(2)16-23-28(37-17-30)27(19-12-13-22-18(15-19)7-6-14-32-22)34(24-10-5-11-25(35)26(24)33-23)29(36)20-8-3-4-9-21(20)31/h3-15,27,33,35H,16-17H2,1-2H3. The molecule has 0 saturated heterocycles. The zero-order valence-electron chi connectivity index (χ0n) is 20.5. The third kappa shape index (κ3) is 3.96. The summed E-state index contributed by atoms with van der Waals surface area (Å²) in [7, 11) is 0. The van der Waals surface area contributed by atoms with Crippen LogP contribution in [0, 0.1) is 11.2 Å². The van der Waals surface area contributed by atoms with Crippen LogP contribution in [0.1, 0.15) is 42.2 Å². The Balaban J connectivity index is 1.64. The maximum absolute atomic E-state index is 15.0. The monoisotopic (exact) mass is 495 g/mol. The summed E-state index contributed by atoms with van der Waals surface area (Å²) in [4.78, 5) is 20.1. The summed E-state index contributed by atoms with van der Waals surface area (Å²) in [5, 5.41) is 15.2. The summed E-state index contributed by atoms with van der Waals surface area (Å²) in [6.07, 6.45) is 2.38. The Morgan fingerprint density at radius 3 is 2.78 bits per heavy atom. The Morgan fingerprint density at radius 2 is 1.95 bits per heavy atom. The molecule has 0 fully saturated rings. The molecule has 0 saturated carbocycles. The number of phenols is 1.